The topological polar surface area (TPSA) is 66.7 Å². The van der Waals surface area contributed by atoms with Gasteiger partial charge in [-0.1, -0.05) is 12.1 Å². The Labute approximate surface area is 208 Å². The first kappa shape index (κ1) is 23.9. The molecule has 2 aromatic heterocycles. The number of fused-ring (bicyclic) bond motifs is 1. The number of ether oxygens (including phenoxy) is 1. The van der Waals surface area contributed by atoms with Crippen LogP contribution in [-0.4, -0.2) is 81.7 Å². The molecule has 5 rings (SSSR count). The van der Waals surface area contributed by atoms with E-state index in [0.29, 0.717) is 6.54 Å². The van der Waals surface area contributed by atoms with Crippen molar-refractivity contribution in [1.29, 1.82) is 0 Å². The second-order valence-corrected chi connectivity index (χ2v) is 10.2. The summed E-state index contributed by atoms with van der Waals surface area (Å²) in [5.74, 6) is 0.511. The van der Waals surface area contributed by atoms with Crippen LogP contribution in [0.5, 0.6) is 5.75 Å². The second kappa shape index (κ2) is 10.8. The predicted molar refractivity (Wildman–Crippen MR) is 136 cm³/mol. The summed E-state index contributed by atoms with van der Waals surface area (Å²) in [5, 5.41) is 16.0. The fourth-order valence-electron chi connectivity index (χ4n) is 4.37. The van der Waals surface area contributed by atoms with Crippen molar-refractivity contribution in [1.82, 2.24) is 24.6 Å². The number of aliphatic hydroxyl groups excluding tert-OH is 1. The maximum atomic E-state index is 13.1. The van der Waals surface area contributed by atoms with E-state index in [1.165, 1.54) is 12.1 Å². The second-order valence-electron chi connectivity index (χ2n) is 8.97. The smallest absolute Gasteiger partial charge is 0.123 e. The van der Waals surface area contributed by atoms with Crippen molar-refractivity contribution < 1.29 is 14.2 Å². The zero-order valence-electron chi connectivity index (χ0n) is 19.8. The number of aromatic nitrogens is 3. The Balaban J connectivity index is 1.02. The number of piperazine rings is 1. The van der Waals surface area contributed by atoms with Gasteiger partial charge in [-0.05, 0) is 36.8 Å². The zero-order chi connectivity index (χ0) is 24.2. The largest absolute Gasteiger partial charge is 0.491 e. The maximum Gasteiger partial charge on any atom is 0.123 e. The molecule has 0 bridgehead atoms. The number of hydrogen-bond acceptors (Lipinski definition) is 7. The van der Waals surface area contributed by atoms with E-state index in [0.717, 1.165) is 71.4 Å². The molecule has 3 heterocycles. The van der Waals surface area contributed by atoms with Gasteiger partial charge in [-0.2, -0.15) is 5.10 Å². The molecule has 0 spiro atoms. The number of benzene rings is 2. The zero-order valence-corrected chi connectivity index (χ0v) is 20.6. The lowest BCUT2D eigenvalue weighted by Gasteiger charge is -2.35. The molecule has 0 unspecified atom stereocenters. The van der Waals surface area contributed by atoms with Crippen LogP contribution in [0.2, 0.25) is 0 Å². The van der Waals surface area contributed by atoms with E-state index >= 15 is 0 Å². The minimum Gasteiger partial charge on any atom is -0.491 e. The molecule has 1 N–H and O–H groups in total. The number of aryl methyl sites for hydroxylation is 1. The highest BCUT2D eigenvalue weighted by atomic mass is 32.1. The number of β-amino-alcohol motifs (C(OH)–C–C–N with tert-alkyl or cyclic N) is 1. The van der Waals surface area contributed by atoms with E-state index in [9.17, 15) is 9.50 Å². The van der Waals surface area contributed by atoms with Gasteiger partial charge < -0.3 is 9.84 Å². The highest BCUT2D eigenvalue weighted by molar-refractivity contribution is 7.18. The summed E-state index contributed by atoms with van der Waals surface area (Å²) < 4.78 is 22.0. The van der Waals surface area contributed by atoms with Crippen molar-refractivity contribution in [3.05, 3.63) is 65.7 Å². The lowest BCUT2D eigenvalue weighted by Crippen LogP contribution is -2.49. The molecule has 35 heavy (non-hydrogen) atoms. The van der Waals surface area contributed by atoms with Gasteiger partial charge in [-0.3, -0.25) is 14.5 Å². The Kier molecular flexibility index (Phi) is 7.38. The van der Waals surface area contributed by atoms with Crippen LogP contribution in [0.4, 0.5) is 4.39 Å². The minimum absolute atomic E-state index is 0.232. The molecule has 1 fully saturated rings. The van der Waals surface area contributed by atoms with E-state index in [1.54, 1.807) is 23.5 Å². The summed E-state index contributed by atoms with van der Waals surface area (Å²) in [6.07, 6.45) is 3.29. The van der Waals surface area contributed by atoms with Crippen LogP contribution >= 0.6 is 11.3 Å². The van der Waals surface area contributed by atoms with Crippen LogP contribution in [0.15, 0.2) is 54.9 Å². The number of nitrogens with zero attached hydrogens (tertiary/aromatic N) is 5. The number of aliphatic hydroxyl groups is 1. The molecule has 184 valence electrons. The average molecular weight is 496 g/mol. The van der Waals surface area contributed by atoms with Crippen molar-refractivity contribution in [2.45, 2.75) is 19.6 Å². The lowest BCUT2D eigenvalue weighted by atomic mass is 10.1. The third kappa shape index (κ3) is 6.24. The Morgan fingerprint density at radius 3 is 2.60 bits per heavy atom. The van der Waals surface area contributed by atoms with E-state index in [4.69, 9.17) is 4.74 Å². The van der Waals surface area contributed by atoms with Crippen molar-refractivity contribution in [3.63, 3.8) is 0 Å². The van der Waals surface area contributed by atoms with Gasteiger partial charge in [0.05, 0.1) is 28.0 Å². The summed E-state index contributed by atoms with van der Waals surface area (Å²) in [4.78, 5) is 9.21. The van der Waals surface area contributed by atoms with Gasteiger partial charge in [-0.15, -0.1) is 11.3 Å². The van der Waals surface area contributed by atoms with E-state index in [-0.39, 0.29) is 12.4 Å². The summed E-state index contributed by atoms with van der Waals surface area (Å²) in [7, 11) is 0. The van der Waals surface area contributed by atoms with Gasteiger partial charge in [0.15, 0.2) is 0 Å². The van der Waals surface area contributed by atoms with Gasteiger partial charge in [0, 0.05) is 57.1 Å². The molecule has 0 aliphatic carbocycles. The van der Waals surface area contributed by atoms with Gasteiger partial charge in [0.2, 0.25) is 0 Å². The SMILES string of the molecule is Cc1nc2cc(OC[C@@H](O)CN3CCN(CCn4cc(-c5ccc(F)cc5)cn4)CC3)ccc2s1. The first-order chi connectivity index (χ1) is 17.0. The first-order valence-electron chi connectivity index (χ1n) is 11.9. The van der Waals surface area contributed by atoms with Crippen molar-refractivity contribution in [3.8, 4) is 16.9 Å². The van der Waals surface area contributed by atoms with Crippen LogP contribution in [0, 0.1) is 12.7 Å². The van der Waals surface area contributed by atoms with Gasteiger partial charge in [0.1, 0.15) is 24.3 Å². The third-order valence-corrected chi connectivity index (χ3v) is 7.25. The summed E-state index contributed by atoms with van der Waals surface area (Å²) in [6, 6.07) is 12.4. The highest BCUT2D eigenvalue weighted by Crippen LogP contribution is 2.25. The Hall–Kier alpha value is -2.85. The molecule has 2 aromatic carbocycles. The molecule has 4 aromatic rings. The number of hydrogen-bond donors (Lipinski definition) is 1. The molecule has 0 saturated carbocycles. The monoisotopic (exact) mass is 495 g/mol. The number of thiazole rings is 1. The van der Waals surface area contributed by atoms with E-state index < -0.39 is 6.10 Å². The van der Waals surface area contributed by atoms with Crippen LogP contribution in [0.3, 0.4) is 0 Å². The molecular weight excluding hydrogens is 465 g/mol. The average Bonchev–Trinajstić information content (AvgIpc) is 3.48. The van der Waals surface area contributed by atoms with E-state index in [2.05, 4.69) is 19.9 Å². The molecule has 0 amide bonds. The predicted octanol–water partition coefficient (Wildman–Crippen LogP) is 3.66. The molecule has 1 aliphatic heterocycles. The van der Waals surface area contributed by atoms with Crippen LogP contribution in [-0.2, 0) is 6.54 Å². The van der Waals surface area contributed by atoms with E-state index in [1.807, 2.05) is 42.2 Å². The van der Waals surface area contributed by atoms with Crippen molar-refractivity contribution >= 4 is 21.6 Å². The molecule has 1 aliphatic rings. The standard InChI is InChI=1S/C26H30FN5O2S/c1-19-29-25-14-24(6-7-26(25)35-19)34-18-23(33)17-31-10-8-30(9-11-31)12-13-32-16-21(15-28-32)20-2-4-22(27)5-3-20/h2-7,14-16,23,33H,8-13,17-18H2,1H3/t23-/m0/s1. The first-order valence-corrected chi connectivity index (χ1v) is 12.7. The Morgan fingerprint density at radius 1 is 1.03 bits per heavy atom. The molecule has 7 nitrogen and oxygen atoms in total. The normalized spacial score (nSPS) is 16.1. The quantitative estimate of drug-likeness (QED) is 0.382. The Morgan fingerprint density at radius 2 is 1.80 bits per heavy atom. The summed E-state index contributed by atoms with van der Waals surface area (Å²) in [6.45, 7) is 8.35. The lowest BCUT2D eigenvalue weighted by molar-refractivity contribution is 0.0453. The van der Waals surface area contributed by atoms with Gasteiger partial charge in [-0.25, -0.2) is 9.37 Å². The molecule has 1 atom stereocenters. The van der Waals surface area contributed by atoms with Crippen molar-refractivity contribution in [2.24, 2.45) is 0 Å². The fraction of sp³-hybridized carbons (Fsp3) is 0.385. The van der Waals surface area contributed by atoms with Crippen molar-refractivity contribution in [2.75, 3.05) is 45.9 Å². The highest BCUT2D eigenvalue weighted by Gasteiger charge is 2.19. The molecule has 1 saturated heterocycles. The molecular formula is C26H30FN5O2S. The van der Waals surface area contributed by atoms with Crippen LogP contribution in [0.25, 0.3) is 21.3 Å². The molecule has 0 radical (unpaired) electrons. The van der Waals surface area contributed by atoms with Gasteiger partial charge in [0.25, 0.3) is 0 Å². The van der Waals surface area contributed by atoms with Crippen LogP contribution < -0.4 is 4.74 Å². The number of rotatable bonds is 9. The fourth-order valence-corrected chi connectivity index (χ4v) is 5.18. The summed E-state index contributed by atoms with van der Waals surface area (Å²) in [5.41, 5.74) is 2.90. The van der Waals surface area contributed by atoms with Gasteiger partial charge >= 0.3 is 0 Å². The molecule has 9 heteroatoms. The van der Waals surface area contributed by atoms with Crippen LogP contribution in [0.1, 0.15) is 5.01 Å². The number of halogens is 1. The summed E-state index contributed by atoms with van der Waals surface area (Å²) >= 11 is 1.67. The maximum absolute atomic E-state index is 13.1. The minimum atomic E-state index is -0.539. The Bertz CT molecular complexity index is 1250. The third-order valence-electron chi connectivity index (χ3n) is 6.30.